The van der Waals surface area contributed by atoms with Gasteiger partial charge in [0, 0.05) is 0 Å². The maximum atomic E-state index is 10.6. The summed E-state index contributed by atoms with van der Waals surface area (Å²) in [6.45, 7) is 0. The number of hydrogen-bond donors (Lipinski definition) is 1. The maximum absolute atomic E-state index is 10.6. The number of halogens is 4. The van der Waals surface area contributed by atoms with Gasteiger partial charge in [-0.15, -0.1) is 0 Å². The Labute approximate surface area is 54.9 Å². The summed E-state index contributed by atoms with van der Waals surface area (Å²) in [4.78, 5) is 0. The third-order valence-electron chi connectivity index (χ3n) is 0.270. The van der Waals surface area contributed by atoms with E-state index in [2.05, 4.69) is 0 Å². The Kier molecular flexibility index (Phi) is 4.63. The first-order valence-electron chi connectivity index (χ1n) is 1.33. The summed E-state index contributed by atoms with van der Waals surface area (Å²) in [5.41, 5.74) is 0. The Balaban J connectivity index is 0. The fourth-order valence-electron chi connectivity index (χ4n) is 0. The number of aliphatic hydroxyl groups excluding tert-OH is 1. The molecule has 0 aliphatic heterocycles. The molecule has 6 heteroatoms. The molecule has 0 fully saturated rings. The molecule has 0 aliphatic carbocycles. The summed E-state index contributed by atoms with van der Waals surface area (Å²) in [5.74, 6) is 0. The zero-order valence-corrected chi connectivity index (χ0v) is 3.04. The van der Waals surface area contributed by atoms with Crippen LogP contribution in [0, 0.1) is 0 Å². The molecule has 0 bridgehead atoms. The van der Waals surface area contributed by atoms with E-state index in [1.54, 1.807) is 0 Å². The van der Waals surface area contributed by atoms with Gasteiger partial charge in [0.25, 0.3) is 6.36 Å². The van der Waals surface area contributed by atoms with E-state index in [-0.39, 0.29) is 18.9 Å². The second-order valence-corrected chi connectivity index (χ2v) is 0.877. The van der Waals surface area contributed by atoms with Crippen molar-refractivity contribution in [1.29, 1.82) is 0 Å². The first kappa shape index (κ1) is 11.1. The van der Waals surface area contributed by atoms with Gasteiger partial charge in [0.05, 0.1) is 0 Å². The Morgan fingerprint density at radius 1 is 1.25 bits per heavy atom. The van der Waals surface area contributed by atoms with Gasteiger partial charge in [-0.2, -0.15) is 13.2 Å². The summed E-state index contributed by atoms with van der Waals surface area (Å²) in [6.07, 6.45) is -8.81. The molecule has 0 rings (SSSR count). The van der Waals surface area contributed by atoms with Crippen LogP contribution < -0.4 is 0 Å². The standard InChI is InChI=1S/C2H2F4O.Li.H/c3-1(7)2(4,5)6;;/h1,7H;;. The summed E-state index contributed by atoms with van der Waals surface area (Å²) in [6, 6.07) is 0. The Morgan fingerprint density at radius 2 is 1.38 bits per heavy atom. The van der Waals surface area contributed by atoms with Crippen LogP contribution in [0.15, 0.2) is 0 Å². The van der Waals surface area contributed by atoms with E-state index in [1.165, 1.54) is 0 Å². The third kappa shape index (κ3) is 4.44. The van der Waals surface area contributed by atoms with E-state index < -0.39 is 12.5 Å². The second kappa shape index (κ2) is 3.33. The molecular weight excluding hydrogens is 123 g/mol. The van der Waals surface area contributed by atoms with Crippen LogP contribution in [-0.4, -0.2) is 36.5 Å². The molecule has 8 heavy (non-hydrogen) atoms. The molecule has 0 aromatic carbocycles. The number of rotatable bonds is 0. The summed E-state index contributed by atoms with van der Waals surface area (Å²) < 4.78 is 42.3. The third-order valence-corrected chi connectivity index (χ3v) is 0.270. The molecule has 1 N–H and O–H groups in total. The van der Waals surface area contributed by atoms with Crippen molar-refractivity contribution in [3.05, 3.63) is 0 Å². The molecule has 1 nitrogen and oxygen atoms in total. The van der Waals surface area contributed by atoms with Gasteiger partial charge in [-0.25, -0.2) is 4.39 Å². The van der Waals surface area contributed by atoms with Gasteiger partial charge in [-0.1, -0.05) is 0 Å². The van der Waals surface area contributed by atoms with Gasteiger partial charge < -0.3 is 5.11 Å². The summed E-state index contributed by atoms with van der Waals surface area (Å²) in [7, 11) is 0. The number of aliphatic hydroxyl groups is 1. The molecule has 0 radical (unpaired) electrons. The number of alkyl halides is 4. The molecule has 0 spiro atoms. The van der Waals surface area contributed by atoms with Crippen molar-refractivity contribution in [2.75, 3.05) is 0 Å². The van der Waals surface area contributed by atoms with E-state index in [0.29, 0.717) is 0 Å². The van der Waals surface area contributed by atoms with E-state index in [1.807, 2.05) is 0 Å². The van der Waals surface area contributed by atoms with Crippen LogP contribution in [0.1, 0.15) is 0 Å². The molecule has 0 aromatic heterocycles. The average Bonchev–Trinajstić information content (AvgIpc) is 1.31. The first-order valence-corrected chi connectivity index (χ1v) is 1.33. The van der Waals surface area contributed by atoms with Crippen LogP contribution in [0.25, 0.3) is 0 Å². The molecular formula is C2H3F4LiO. The minimum absolute atomic E-state index is 0. The van der Waals surface area contributed by atoms with Gasteiger partial charge in [0.1, 0.15) is 0 Å². The van der Waals surface area contributed by atoms with Crippen molar-refractivity contribution in [3.63, 3.8) is 0 Å². The predicted octanol–water partition coefficient (Wildman–Crippen LogP) is 0.188. The van der Waals surface area contributed by atoms with Gasteiger partial charge in [0.15, 0.2) is 0 Å². The van der Waals surface area contributed by atoms with Crippen LogP contribution in [0.2, 0.25) is 0 Å². The fraction of sp³-hybridized carbons (Fsp3) is 1.00. The molecule has 0 saturated heterocycles. The monoisotopic (exact) mass is 126 g/mol. The Morgan fingerprint density at radius 3 is 1.38 bits per heavy atom. The normalized spacial score (nSPS) is 14.6. The fourth-order valence-corrected chi connectivity index (χ4v) is 0. The molecule has 0 saturated carbocycles. The quantitative estimate of drug-likeness (QED) is 0.362. The van der Waals surface area contributed by atoms with Crippen LogP contribution in [0.5, 0.6) is 0 Å². The SMILES string of the molecule is OC(F)C(F)(F)F.[LiH]. The van der Waals surface area contributed by atoms with E-state index in [0.717, 1.165) is 0 Å². The van der Waals surface area contributed by atoms with E-state index >= 15 is 0 Å². The van der Waals surface area contributed by atoms with Crippen LogP contribution >= 0.6 is 0 Å². The van der Waals surface area contributed by atoms with Crippen molar-refractivity contribution in [1.82, 2.24) is 0 Å². The van der Waals surface area contributed by atoms with Crippen molar-refractivity contribution in [2.24, 2.45) is 0 Å². The molecule has 0 aromatic rings. The van der Waals surface area contributed by atoms with Crippen LogP contribution in [0.3, 0.4) is 0 Å². The van der Waals surface area contributed by atoms with Crippen molar-refractivity contribution < 1.29 is 22.7 Å². The summed E-state index contributed by atoms with van der Waals surface area (Å²) in [5, 5.41) is 7.10. The predicted molar refractivity (Wildman–Crippen MR) is 20.3 cm³/mol. The first-order chi connectivity index (χ1) is 2.94. The van der Waals surface area contributed by atoms with Crippen LogP contribution in [0.4, 0.5) is 17.6 Å². The molecule has 0 heterocycles. The Hall–Kier alpha value is 0.277. The van der Waals surface area contributed by atoms with Crippen molar-refractivity contribution in [2.45, 2.75) is 12.5 Å². The zero-order chi connectivity index (χ0) is 6.08. The molecule has 1 unspecified atom stereocenters. The van der Waals surface area contributed by atoms with E-state index in [4.69, 9.17) is 5.11 Å². The van der Waals surface area contributed by atoms with E-state index in [9.17, 15) is 17.6 Å². The number of hydrogen-bond acceptors (Lipinski definition) is 1. The average molecular weight is 126 g/mol. The van der Waals surface area contributed by atoms with Gasteiger partial charge in [-0.05, 0) is 0 Å². The second-order valence-electron chi connectivity index (χ2n) is 0.877. The topological polar surface area (TPSA) is 20.2 Å². The molecule has 0 aliphatic rings. The zero-order valence-electron chi connectivity index (χ0n) is 3.04. The van der Waals surface area contributed by atoms with Crippen LogP contribution in [-0.2, 0) is 0 Å². The van der Waals surface area contributed by atoms with Gasteiger partial charge in [-0.3, -0.25) is 0 Å². The molecule has 1 atom stereocenters. The van der Waals surface area contributed by atoms with Crippen molar-refractivity contribution in [3.8, 4) is 0 Å². The Bertz CT molecular complexity index is 59.5. The van der Waals surface area contributed by atoms with Gasteiger partial charge >= 0.3 is 25.0 Å². The molecule has 46 valence electrons. The van der Waals surface area contributed by atoms with Crippen molar-refractivity contribution >= 4 is 18.9 Å². The summed E-state index contributed by atoms with van der Waals surface area (Å²) >= 11 is 0. The van der Waals surface area contributed by atoms with Gasteiger partial charge in [0.2, 0.25) is 0 Å². The minimum atomic E-state index is -5.11. The molecule has 0 amide bonds.